The number of aromatic nitrogens is 2. The number of carbonyl (C=O) groups is 1. The largest absolute Gasteiger partial charge is 0.466 e. The lowest BCUT2D eigenvalue weighted by molar-refractivity contribution is -0.134. The molecule has 0 bridgehead atoms. The summed E-state index contributed by atoms with van der Waals surface area (Å²) in [5, 5.41) is 4.13. The van der Waals surface area contributed by atoms with Crippen LogP contribution in [-0.2, 0) is 16.6 Å². The molecule has 1 aromatic rings. The fraction of sp³-hybridized carbons (Fsp3) is 0.333. The Hall–Kier alpha value is -1.58. The predicted molar refractivity (Wildman–Crippen MR) is 49.0 cm³/mol. The Morgan fingerprint density at radius 3 is 2.85 bits per heavy atom. The maximum atomic E-state index is 10.8. The molecule has 0 aliphatic heterocycles. The molecule has 0 atom stereocenters. The van der Waals surface area contributed by atoms with Crippen molar-refractivity contribution in [1.82, 2.24) is 9.78 Å². The number of esters is 1. The fourth-order valence-electron chi connectivity index (χ4n) is 1.01. The van der Waals surface area contributed by atoms with E-state index in [0.717, 1.165) is 11.4 Å². The molecule has 70 valence electrons. The maximum Gasteiger partial charge on any atom is 0.330 e. The van der Waals surface area contributed by atoms with E-state index in [-0.39, 0.29) is 5.97 Å². The van der Waals surface area contributed by atoms with Crippen LogP contribution in [0.15, 0.2) is 12.1 Å². The zero-order valence-electron chi connectivity index (χ0n) is 7.94. The second-order valence-electron chi connectivity index (χ2n) is 2.69. The smallest absolute Gasteiger partial charge is 0.330 e. The van der Waals surface area contributed by atoms with Crippen molar-refractivity contribution in [3.05, 3.63) is 23.5 Å². The fourth-order valence-corrected chi connectivity index (χ4v) is 1.01. The second-order valence-corrected chi connectivity index (χ2v) is 2.69. The van der Waals surface area contributed by atoms with Crippen LogP contribution in [0.5, 0.6) is 0 Å². The zero-order chi connectivity index (χ0) is 9.84. The van der Waals surface area contributed by atoms with Crippen LogP contribution in [-0.4, -0.2) is 22.9 Å². The lowest BCUT2D eigenvalue weighted by Crippen LogP contribution is -1.96. The Bertz CT molecular complexity index is 339. The van der Waals surface area contributed by atoms with Crippen molar-refractivity contribution < 1.29 is 9.53 Å². The molecule has 0 aliphatic rings. The molecule has 0 amide bonds. The molecule has 1 rings (SSSR count). The number of nitrogens with zero attached hydrogens (tertiary/aromatic N) is 2. The van der Waals surface area contributed by atoms with Gasteiger partial charge >= 0.3 is 5.97 Å². The molecule has 0 spiro atoms. The molecule has 0 radical (unpaired) electrons. The quantitative estimate of drug-likeness (QED) is 0.502. The number of hydrogen-bond acceptors (Lipinski definition) is 3. The summed E-state index contributed by atoms with van der Waals surface area (Å²) in [6, 6.07) is 1.89. The van der Waals surface area contributed by atoms with Crippen molar-refractivity contribution in [2.45, 2.75) is 6.92 Å². The molecular weight excluding hydrogens is 168 g/mol. The minimum absolute atomic E-state index is 0.362. The van der Waals surface area contributed by atoms with E-state index in [1.807, 2.05) is 20.0 Å². The lowest BCUT2D eigenvalue weighted by Gasteiger charge is -1.92. The first-order valence-electron chi connectivity index (χ1n) is 3.90. The molecule has 4 heteroatoms. The van der Waals surface area contributed by atoms with E-state index < -0.39 is 0 Å². The third-order valence-corrected chi connectivity index (χ3v) is 1.63. The summed E-state index contributed by atoms with van der Waals surface area (Å²) in [6.07, 6.45) is 3.04. The van der Waals surface area contributed by atoms with E-state index in [1.165, 1.54) is 13.2 Å². The highest BCUT2D eigenvalue weighted by Crippen LogP contribution is 2.03. The zero-order valence-corrected chi connectivity index (χ0v) is 7.94. The van der Waals surface area contributed by atoms with Crippen molar-refractivity contribution in [3.63, 3.8) is 0 Å². The molecule has 4 nitrogen and oxygen atoms in total. The summed E-state index contributed by atoms with van der Waals surface area (Å²) < 4.78 is 6.17. The summed E-state index contributed by atoms with van der Waals surface area (Å²) >= 11 is 0. The van der Waals surface area contributed by atoms with Crippen molar-refractivity contribution >= 4 is 12.0 Å². The summed E-state index contributed by atoms with van der Waals surface area (Å²) in [7, 11) is 3.17. The van der Waals surface area contributed by atoms with Crippen LogP contribution >= 0.6 is 0 Å². The van der Waals surface area contributed by atoms with E-state index in [1.54, 1.807) is 10.8 Å². The molecule has 0 N–H and O–H groups in total. The molecule has 0 aliphatic carbocycles. The van der Waals surface area contributed by atoms with E-state index >= 15 is 0 Å². The minimum atomic E-state index is -0.362. The van der Waals surface area contributed by atoms with Crippen LogP contribution in [0.25, 0.3) is 6.08 Å². The van der Waals surface area contributed by atoms with Crippen LogP contribution in [0.2, 0.25) is 0 Å². The van der Waals surface area contributed by atoms with Crippen LogP contribution in [0.3, 0.4) is 0 Å². The van der Waals surface area contributed by atoms with E-state index in [4.69, 9.17) is 0 Å². The first-order valence-corrected chi connectivity index (χ1v) is 3.90. The number of rotatable bonds is 2. The van der Waals surface area contributed by atoms with E-state index in [0.29, 0.717) is 0 Å². The Kier molecular flexibility index (Phi) is 2.84. The van der Waals surface area contributed by atoms with Gasteiger partial charge in [0.05, 0.1) is 18.5 Å². The van der Waals surface area contributed by atoms with Crippen molar-refractivity contribution in [3.8, 4) is 0 Å². The van der Waals surface area contributed by atoms with Crippen molar-refractivity contribution in [1.29, 1.82) is 0 Å². The summed E-state index contributed by atoms with van der Waals surface area (Å²) in [5.41, 5.74) is 1.80. The van der Waals surface area contributed by atoms with Gasteiger partial charge in [-0.05, 0) is 19.1 Å². The van der Waals surface area contributed by atoms with Crippen LogP contribution in [0.4, 0.5) is 0 Å². The average molecular weight is 180 g/mol. The SMILES string of the molecule is COC(=O)/C=C/c1cc(C)nn1C. The maximum absolute atomic E-state index is 10.8. The van der Waals surface area contributed by atoms with Gasteiger partial charge in [0.2, 0.25) is 0 Å². The standard InChI is InChI=1S/C9H12N2O2/c1-7-6-8(11(2)10-7)4-5-9(12)13-3/h4-6H,1-3H3/b5-4+. The summed E-state index contributed by atoms with van der Waals surface area (Å²) in [4.78, 5) is 10.8. The highest BCUT2D eigenvalue weighted by Gasteiger charge is 1.98. The number of methoxy groups -OCH3 is 1. The van der Waals surface area contributed by atoms with Gasteiger partial charge in [-0.15, -0.1) is 0 Å². The number of carbonyl (C=O) groups excluding carboxylic acids is 1. The van der Waals surface area contributed by atoms with Gasteiger partial charge in [0, 0.05) is 13.1 Å². The Labute approximate surface area is 76.8 Å². The van der Waals surface area contributed by atoms with Gasteiger partial charge in [-0.25, -0.2) is 4.79 Å². The van der Waals surface area contributed by atoms with Gasteiger partial charge in [0.25, 0.3) is 0 Å². The van der Waals surface area contributed by atoms with Crippen molar-refractivity contribution in [2.75, 3.05) is 7.11 Å². The number of ether oxygens (including phenoxy) is 1. The number of hydrogen-bond donors (Lipinski definition) is 0. The first-order chi connectivity index (χ1) is 6.13. The Morgan fingerprint density at radius 1 is 1.69 bits per heavy atom. The van der Waals surface area contributed by atoms with Crippen LogP contribution in [0, 0.1) is 6.92 Å². The molecule has 1 heterocycles. The normalized spacial score (nSPS) is 10.7. The van der Waals surface area contributed by atoms with E-state index in [9.17, 15) is 4.79 Å². The molecule has 0 fully saturated rings. The third-order valence-electron chi connectivity index (χ3n) is 1.63. The van der Waals surface area contributed by atoms with Gasteiger partial charge in [-0.2, -0.15) is 5.10 Å². The predicted octanol–water partition coefficient (Wildman–Crippen LogP) is 0.915. The highest BCUT2D eigenvalue weighted by atomic mass is 16.5. The average Bonchev–Trinajstić information content (AvgIpc) is 2.41. The molecule has 13 heavy (non-hydrogen) atoms. The molecule has 0 aromatic carbocycles. The van der Waals surface area contributed by atoms with Gasteiger partial charge < -0.3 is 4.74 Å². The molecular formula is C9H12N2O2. The molecule has 0 saturated heterocycles. The van der Waals surface area contributed by atoms with Crippen LogP contribution < -0.4 is 0 Å². The second kappa shape index (κ2) is 3.89. The van der Waals surface area contributed by atoms with E-state index in [2.05, 4.69) is 9.84 Å². The molecule has 0 saturated carbocycles. The van der Waals surface area contributed by atoms with Crippen molar-refractivity contribution in [2.24, 2.45) is 7.05 Å². The monoisotopic (exact) mass is 180 g/mol. The Balaban J connectivity index is 2.79. The summed E-state index contributed by atoms with van der Waals surface area (Å²) in [6.45, 7) is 1.90. The van der Waals surface area contributed by atoms with Gasteiger partial charge in [-0.3, -0.25) is 4.68 Å². The first kappa shape index (κ1) is 9.51. The lowest BCUT2D eigenvalue weighted by atomic mass is 10.3. The highest BCUT2D eigenvalue weighted by molar-refractivity contribution is 5.86. The van der Waals surface area contributed by atoms with Gasteiger partial charge in [0.15, 0.2) is 0 Å². The van der Waals surface area contributed by atoms with Gasteiger partial charge in [-0.1, -0.05) is 0 Å². The minimum Gasteiger partial charge on any atom is -0.466 e. The Morgan fingerprint density at radius 2 is 2.38 bits per heavy atom. The molecule has 0 unspecified atom stereocenters. The topological polar surface area (TPSA) is 44.1 Å². The van der Waals surface area contributed by atoms with Gasteiger partial charge in [0.1, 0.15) is 0 Å². The van der Waals surface area contributed by atoms with Crippen LogP contribution in [0.1, 0.15) is 11.4 Å². The number of aryl methyl sites for hydroxylation is 2. The molecule has 1 aromatic heterocycles. The third kappa shape index (κ3) is 2.43. The summed E-state index contributed by atoms with van der Waals surface area (Å²) in [5.74, 6) is -0.362.